The Morgan fingerprint density at radius 2 is 1.74 bits per heavy atom. The molecule has 0 aliphatic heterocycles. The first-order valence-electron chi connectivity index (χ1n) is 5.98. The van der Waals surface area contributed by atoms with Crippen molar-refractivity contribution in [3.63, 3.8) is 0 Å². The maximum Gasteiger partial charge on any atom is 0.141 e. The van der Waals surface area contributed by atoms with E-state index in [1.165, 1.54) is 5.56 Å². The molecule has 0 saturated heterocycles. The van der Waals surface area contributed by atoms with Crippen molar-refractivity contribution in [3.05, 3.63) is 52.5 Å². The minimum absolute atomic E-state index is 0.780. The van der Waals surface area contributed by atoms with Crippen LogP contribution in [-0.4, -0.2) is 14.2 Å². The van der Waals surface area contributed by atoms with Gasteiger partial charge in [0.2, 0.25) is 0 Å². The van der Waals surface area contributed by atoms with Crippen molar-refractivity contribution in [2.24, 2.45) is 0 Å². The van der Waals surface area contributed by atoms with Crippen molar-refractivity contribution in [1.29, 1.82) is 0 Å². The average molecular weight is 322 g/mol. The van der Waals surface area contributed by atoms with Gasteiger partial charge in [-0.15, -0.1) is 0 Å². The lowest BCUT2D eigenvalue weighted by molar-refractivity contribution is 0.412. The zero-order valence-corrected chi connectivity index (χ0v) is 12.5. The average Bonchev–Trinajstić information content (AvgIpc) is 2.43. The van der Waals surface area contributed by atoms with Crippen molar-refractivity contribution in [2.75, 3.05) is 14.2 Å². The molecule has 19 heavy (non-hydrogen) atoms. The SMILES string of the molecule is CNCc1ccc(Oc2ccc(OC)cc2)c(Br)c1. The van der Waals surface area contributed by atoms with Gasteiger partial charge in [-0.25, -0.2) is 0 Å². The fourth-order valence-corrected chi connectivity index (χ4v) is 2.22. The van der Waals surface area contributed by atoms with E-state index in [1.807, 2.05) is 43.4 Å². The van der Waals surface area contributed by atoms with Crippen molar-refractivity contribution in [1.82, 2.24) is 5.32 Å². The summed E-state index contributed by atoms with van der Waals surface area (Å²) >= 11 is 3.53. The Kier molecular flexibility index (Phi) is 4.82. The van der Waals surface area contributed by atoms with E-state index in [2.05, 4.69) is 27.3 Å². The molecule has 0 bridgehead atoms. The molecule has 2 aromatic rings. The molecule has 0 atom stereocenters. The highest BCUT2D eigenvalue weighted by molar-refractivity contribution is 9.10. The van der Waals surface area contributed by atoms with Crippen LogP contribution in [0.25, 0.3) is 0 Å². The van der Waals surface area contributed by atoms with Crippen molar-refractivity contribution < 1.29 is 9.47 Å². The van der Waals surface area contributed by atoms with Gasteiger partial charge in [0.05, 0.1) is 11.6 Å². The van der Waals surface area contributed by atoms with Gasteiger partial charge in [0.25, 0.3) is 0 Å². The molecule has 3 nitrogen and oxygen atoms in total. The Morgan fingerprint density at radius 1 is 1.05 bits per heavy atom. The largest absolute Gasteiger partial charge is 0.497 e. The number of hydrogen-bond acceptors (Lipinski definition) is 3. The normalized spacial score (nSPS) is 10.3. The molecule has 1 N–H and O–H groups in total. The molecule has 0 fully saturated rings. The molecule has 100 valence electrons. The fourth-order valence-electron chi connectivity index (χ4n) is 1.71. The summed E-state index contributed by atoms with van der Waals surface area (Å²) < 4.78 is 11.9. The first-order valence-corrected chi connectivity index (χ1v) is 6.77. The highest BCUT2D eigenvalue weighted by Crippen LogP contribution is 2.31. The van der Waals surface area contributed by atoms with Crippen LogP contribution in [0.1, 0.15) is 5.56 Å². The van der Waals surface area contributed by atoms with E-state index in [0.717, 1.165) is 28.3 Å². The third-order valence-electron chi connectivity index (χ3n) is 2.66. The van der Waals surface area contributed by atoms with Crippen LogP contribution in [0.2, 0.25) is 0 Å². The van der Waals surface area contributed by atoms with Crippen molar-refractivity contribution in [3.8, 4) is 17.2 Å². The second-order valence-corrected chi connectivity index (χ2v) is 4.93. The molecule has 0 saturated carbocycles. The highest BCUT2D eigenvalue weighted by atomic mass is 79.9. The first-order chi connectivity index (χ1) is 9.22. The molecule has 2 aromatic carbocycles. The van der Waals surface area contributed by atoms with Gasteiger partial charge in [-0.1, -0.05) is 6.07 Å². The number of halogens is 1. The summed E-state index contributed by atoms with van der Waals surface area (Å²) in [5.74, 6) is 2.39. The van der Waals surface area contributed by atoms with E-state index in [9.17, 15) is 0 Å². The molecule has 0 aliphatic carbocycles. The highest BCUT2D eigenvalue weighted by Gasteiger charge is 2.04. The molecule has 0 aromatic heterocycles. The maximum atomic E-state index is 5.82. The Labute approximate surface area is 121 Å². The molecule has 0 heterocycles. The lowest BCUT2D eigenvalue weighted by atomic mass is 10.2. The van der Waals surface area contributed by atoms with Gasteiger partial charge in [0.15, 0.2) is 0 Å². The Balaban J connectivity index is 2.13. The van der Waals surface area contributed by atoms with Crippen LogP contribution in [0.15, 0.2) is 46.9 Å². The lowest BCUT2D eigenvalue weighted by Gasteiger charge is -2.10. The second-order valence-electron chi connectivity index (χ2n) is 4.07. The van der Waals surface area contributed by atoms with E-state index in [4.69, 9.17) is 9.47 Å². The summed E-state index contributed by atoms with van der Waals surface area (Å²) in [6.45, 7) is 0.835. The zero-order chi connectivity index (χ0) is 13.7. The van der Waals surface area contributed by atoms with Gasteiger partial charge in [0, 0.05) is 6.54 Å². The minimum atomic E-state index is 0.780. The Bertz CT molecular complexity index is 540. The van der Waals surface area contributed by atoms with Crippen LogP contribution in [0.4, 0.5) is 0 Å². The lowest BCUT2D eigenvalue weighted by Crippen LogP contribution is -2.04. The number of benzene rings is 2. The smallest absolute Gasteiger partial charge is 0.141 e. The third kappa shape index (κ3) is 3.72. The number of methoxy groups -OCH3 is 1. The predicted molar refractivity (Wildman–Crippen MR) is 80.0 cm³/mol. The van der Waals surface area contributed by atoms with Gasteiger partial charge in [-0.3, -0.25) is 0 Å². The quantitative estimate of drug-likeness (QED) is 0.903. The van der Waals surface area contributed by atoms with E-state index in [-0.39, 0.29) is 0 Å². The molecule has 0 unspecified atom stereocenters. The molecular weight excluding hydrogens is 306 g/mol. The third-order valence-corrected chi connectivity index (χ3v) is 3.28. The van der Waals surface area contributed by atoms with E-state index in [1.54, 1.807) is 7.11 Å². The van der Waals surface area contributed by atoms with Crippen LogP contribution in [0.3, 0.4) is 0 Å². The zero-order valence-electron chi connectivity index (χ0n) is 10.9. The number of nitrogens with one attached hydrogen (secondary N) is 1. The molecule has 4 heteroatoms. The molecular formula is C15H16BrNO2. The standard InChI is InChI=1S/C15H16BrNO2/c1-17-10-11-3-8-15(14(16)9-11)19-13-6-4-12(18-2)5-7-13/h3-9,17H,10H2,1-2H3. The van der Waals surface area contributed by atoms with Gasteiger partial charge >= 0.3 is 0 Å². The molecule has 0 amide bonds. The summed E-state index contributed by atoms with van der Waals surface area (Å²) in [5, 5.41) is 3.12. The summed E-state index contributed by atoms with van der Waals surface area (Å²) in [7, 11) is 3.57. The van der Waals surface area contributed by atoms with Crippen LogP contribution < -0.4 is 14.8 Å². The predicted octanol–water partition coefficient (Wildman–Crippen LogP) is 3.97. The maximum absolute atomic E-state index is 5.82. The first kappa shape index (κ1) is 13.9. The van der Waals surface area contributed by atoms with Gasteiger partial charge in [-0.05, 0) is 64.9 Å². The monoisotopic (exact) mass is 321 g/mol. The van der Waals surface area contributed by atoms with Crippen LogP contribution >= 0.6 is 15.9 Å². The molecule has 0 aliphatic rings. The topological polar surface area (TPSA) is 30.5 Å². The number of rotatable bonds is 5. The fraction of sp³-hybridized carbons (Fsp3) is 0.200. The summed E-state index contributed by atoms with van der Waals surface area (Å²) in [6.07, 6.45) is 0. The second kappa shape index (κ2) is 6.59. The molecule has 2 rings (SSSR count). The van der Waals surface area contributed by atoms with Crippen LogP contribution in [0, 0.1) is 0 Å². The Hall–Kier alpha value is -1.52. The number of ether oxygens (including phenoxy) is 2. The summed E-state index contributed by atoms with van der Waals surface area (Å²) in [6, 6.07) is 13.6. The summed E-state index contributed by atoms with van der Waals surface area (Å²) in [5.41, 5.74) is 1.21. The van der Waals surface area contributed by atoms with E-state index >= 15 is 0 Å². The van der Waals surface area contributed by atoms with E-state index in [0.29, 0.717) is 0 Å². The van der Waals surface area contributed by atoms with E-state index < -0.39 is 0 Å². The Morgan fingerprint density at radius 3 is 2.32 bits per heavy atom. The van der Waals surface area contributed by atoms with Gasteiger partial charge in [-0.2, -0.15) is 0 Å². The van der Waals surface area contributed by atoms with Crippen LogP contribution in [-0.2, 0) is 6.54 Å². The van der Waals surface area contributed by atoms with Gasteiger partial charge < -0.3 is 14.8 Å². The summed E-state index contributed by atoms with van der Waals surface area (Å²) in [4.78, 5) is 0. The van der Waals surface area contributed by atoms with Crippen LogP contribution in [0.5, 0.6) is 17.2 Å². The molecule has 0 radical (unpaired) electrons. The van der Waals surface area contributed by atoms with Crippen molar-refractivity contribution >= 4 is 15.9 Å². The van der Waals surface area contributed by atoms with Crippen molar-refractivity contribution in [2.45, 2.75) is 6.54 Å². The minimum Gasteiger partial charge on any atom is -0.497 e. The van der Waals surface area contributed by atoms with Gasteiger partial charge in [0.1, 0.15) is 17.2 Å². The number of hydrogen-bond donors (Lipinski definition) is 1. The molecule has 0 spiro atoms.